The first-order valence-corrected chi connectivity index (χ1v) is 15.9. The third-order valence-electron chi connectivity index (χ3n) is 7.42. The predicted molar refractivity (Wildman–Crippen MR) is 140 cm³/mol. The summed E-state index contributed by atoms with van der Waals surface area (Å²) in [5.41, 5.74) is 0.569. The van der Waals surface area contributed by atoms with Gasteiger partial charge in [0.1, 0.15) is 17.7 Å². The monoisotopic (exact) mass is 517 g/mol. The molecule has 3 heterocycles. The lowest BCUT2D eigenvalue weighted by Crippen LogP contribution is -2.48. The molecule has 0 aliphatic carbocycles. The summed E-state index contributed by atoms with van der Waals surface area (Å²) in [4.78, 5) is 42.0. The van der Waals surface area contributed by atoms with Crippen LogP contribution >= 0.6 is 11.8 Å². The summed E-state index contributed by atoms with van der Waals surface area (Å²) in [5, 5.41) is -0.0974. The highest BCUT2D eigenvalue weighted by atomic mass is 32.2. The van der Waals surface area contributed by atoms with Crippen molar-refractivity contribution < 1.29 is 14.0 Å². The second-order valence-electron chi connectivity index (χ2n) is 10.9. The minimum Gasteiger partial charge on any atom is -0.414 e. The molecule has 190 valence electrons. The van der Waals surface area contributed by atoms with Crippen LogP contribution in [0.5, 0.6) is 0 Å². The molecule has 0 bridgehead atoms. The number of carbonyl (C=O) groups is 1. The number of aromatic nitrogens is 2. The minimum atomic E-state index is -2.07. The van der Waals surface area contributed by atoms with E-state index in [1.54, 1.807) is 18.7 Å². The van der Waals surface area contributed by atoms with Gasteiger partial charge in [-0.25, -0.2) is 4.79 Å². The van der Waals surface area contributed by atoms with Gasteiger partial charge in [-0.2, -0.15) is 0 Å². The third-order valence-corrected chi connectivity index (χ3v) is 13.2. The van der Waals surface area contributed by atoms with Gasteiger partial charge in [0.2, 0.25) is 5.91 Å². The predicted octanol–water partition coefficient (Wildman–Crippen LogP) is 3.80. The van der Waals surface area contributed by atoms with Gasteiger partial charge >= 0.3 is 5.69 Å². The number of aryl methyl sites for hydroxylation is 1. The SMILES string of the molecule is Cc1cn([C@H]2C[C@H](N3C(=O)CSC3c3ccccc3)[C@@H](CO[Si](C)(C)C(C)(C)C)O2)c(=O)[nH]c1=O. The van der Waals surface area contributed by atoms with Gasteiger partial charge in [-0.15, -0.1) is 11.8 Å². The molecule has 1 N–H and O–H groups in total. The standard InChI is InChI=1S/C25H35N3O5SSi/c1-16-13-27(24(31)26-22(16)30)21-12-18(19(33-21)14-32-35(5,6)25(2,3)4)28-20(29)15-34-23(28)17-10-8-7-9-11-17/h7-11,13,18-19,21,23H,12,14-15H2,1-6H3,(H,26,30,31)/t18-,19+,21+,23?/m0/s1. The van der Waals surface area contributed by atoms with Gasteiger partial charge in [0, 0.05) is 18.2 Å². The highest BCUT2D eigenvalue weighted by Gasteiger charge is 2.48. The zero-order valence-electron chi connectivity index (χ0n) is 21.2. The highest BCUT2D eigenvalue weighted by molar-refractivity contribution is 8.00. The fourth-order valence-electron chi connectivity index (χ4n) is 4.30. The van der Waals surface area contributed by atoms with Gasteiger partial charge in [0.15, 0.2) is 8.32 Å². The molecule has 1 aromatic heterocycles. The summed E-state index contributed by atoms with van der Waals surface area (Å²) >= 11 is 1.61. The number of nitrogens with zero attached hydrogens (tertiary/aromatic N) is 2. The summed E-state index contributed by atoms with van der Waals surface area (Å²) in [6.45, 7) is 12.9. The van der Waals surface area contributed by atoms with Crippen LogP contribution in [0.2, 0.25) is 18.1 Å². The minimum absolute atomic E-state index is 0.0271. The third kappa shape index (κ3) is 5.21. The maximum Gasteiger partial charge on any atom is 0.330 e. The van der Waals surface area contributed by atoms with Crippen LogP contribution < -0.4 is 11.2 Å². The maximum atomic E-state index is 13.2. The van der Waals surface area contributed by atoms with Crippen molar-refractivity contribution in [2.24, 2.45) is 0 Å². The fraction of sp³-hybridized carbons (Fsp3) is 0.560. The number of ether oxygens (including phenoxy) is 1. The molecule has 0 radical (unpaired) electrons. The number of hydrogen-bond acceptors (Lipinski definition) is 6. The van der Waals surface area contributed by atoms with Crippen LogP contribution in [0, 0.1) is 6.92 Å². The van der Waals surface area contributed by atoms with Crippen molar-refractivity contribution in [1.82, 2.24) is 14.5 Å². The molecular weight excluding hydrogens is 482 g/mol. The second kappa shape index (κ2) is 9.72. The summed E-state index contributed by atoms with van der Waals surface area (Å²) in [6.07, 6.45) is 0.967. The molecule has 4 atom stereocenters. The number of amides is 1. The average molecular weight is 518 g/mol. The van der Waals surface area contributed by atoms with Crippen molar-refractivity contribution in [3.05, 3.63) is 68.5 Å². The van der Waals surface area contributed by atoms with Crippen molar-refractivity contribution in [3.63, 3.8) is 0 Å². The van der Waals surface area contributed by atoms with Gasteiger partial charge in [0.25, 0.3) is 5.56 Å². The van der Waals surface area contributed by atoms with Crippen molar-refractivity contribution in [3.8, 4) is 0 Å². The lowest BCUT2D eigenvalue weighted by molar-refractivity contribution is -0.132. The van der Waals surface area contributed by atoms with Gasteiger partial charge in [-0.1, -0.05) is 51.1 Å². The molecule has 35 heavy (non-hydrogen) atoms. The van der Waals surface area contributed by atoms with Crippen molar-refractivity contribution in [2.45, 2.75) is 76.0 Å². The molecule has 10 heteroatoms. The molecule has 2 fully saturated rings. The lowest BCUT2D eigenvalue weighted by Gasteiger charge is -2.38. The normalized spacial score (nSPS) is 25.4. The first kappa shape index (κ1) is 25.9. The molecule has 2 aromatic rings. The molecule has 2 aliphatic heterocycles. The molecule has 2 saturated heterocycles. The van der Waals surface area contributed by atoms with Crippen LogP contribution in [0.1, 0.15) is 49.9 Å². The molecule has 2 aliphatic rings. The Balaban J connectivity index is 1.67. The van der Waals surface area contributed by atoms with E-state index >= 15 is 0 Å². The van der Waals surface area contributed by atoms with Crippen molar-refractivity contribution in [1.29, 1.82) is 0 Å². The number of H-pyrrole nitrogens is 1. The number of nitrogens with one attached hydrogen (secondary N) is 1. The Bertz CT molecular complexity index is 1190. The Morgan fingerprint density at radius 1 is 1.17 bits per heavy atom. The molecule has 1 unspecified atom stereocenters. The van der Waals surface area contributed by atoms with Crippen molar-refractivity contribution >= 4 is 26.0 Å². The van der Waals surface area contributed by atoms with E-state index in [2.05, 4.69) is 38.8 Å². The Morgan fingerprint density at radius 2 is 1.86 bits per heavy atom. The Morgan fingerprint density at radius 3 is 2.51 bits per heavy atom. The van der Waals surface area contributed by atoms with Gasteiger partial charge in [-0.3, -0.25) is 19.1 Å². The molecule has 8 nitrogen and oxygen atoms in total. The Labute approximate surface area is 211 Å². The first-order valence-electron chi connectivity index (χ1n) is 12.0. The maximum absolute atomic E-state index is 13.2. The molecule has 0 spiro atoms. The number of hydrogen-bond donors (Lipinski definition) is 1. The van der Waals surface area contributed by atoms with Gasteiger partial charge < -0.3 is 14.1 Å². The molecule has 4 rings (SSSR count). The van der Waals surface area contributed by atoms with Crippen LogP contribution in [0.15, 0.2) is 46.1 Å². The van der Waals surface area contributed by atoms with E-state index in [9.17, 15) is 14.4 Å². The van der Waals surface area contributed by atoms with Gasteiger partial charge in [0.05, 0.1) is 18.4 Å². The van der Waals surface area contributed by atoms with E-state index in [4.69, 9.17) is 9.16 Å². The highest BCUT2D eigenvalue weighted by Crippen LogP contribution is 2.45. The van der Waals surface area contributed by atoms with Crippen LogP contribution in [-0.4, -0.2) is 53.2 Å². The first-order chi connectivity index (χ1) is 16.4. The number of rotatable bonds is 6. The molecule has 1 amide bonds. The van der Waals surface area contributed by atoms with Crippen LogP contribution in [0.25, 0.3) is 0 Å². The zero-order valence-corrected chi connectivity index (χ0v) is 23.1. The fourth-order valence-corrected chi connectivity index (χ4v) is 6.55. The quantitative estimate of drug-likeness (QED) is 0.586. The van der Waals surface area contributed by atoms with Gasteiger partial charge in [-0.05, 0) is 30.6 Å². The van der Waals surface area contributed by atoms with E-state index in [-0.39, 0.29) is 22.4 Å². The number of thioether (sulfide) groups is 1. The molecule has 0 saturated carbocycles. The smallest absolute Gasteiger partial charge is 0.330 e. The van der Waals surface area contributed by atoms with E-state index in [0.717, 1.165) is 5.56 Å². The van der Waals surface area contributed by atoms with Crippen LogP contribution in [0.3, 0.4) is 0 Å². The number of aromatic amines is 1. The van der Waals surface area contributed by atoms with Crippen LogP contribution in [0.4, 0.5) is 0 Å². The Kier molecular flexibility index (Phi) is 7.20. The molecular formula is C25H35N3O5SSi. The number of benzene rings is 1. The molecule has 1 aromatic carbocycles. The van der Waals surface area contributed by atoms with E-state index < -0.39 is 31.9 Å². The zero-order chi connectivity index (χ0) is 25.5. The average Bonchev–Trinajstić information content (AvgIpc) is 3.37. The summed E-state index contributed by atoms with van der Waals surface area (Å²) in [5.74, 6) is 0.453. The Hall–Kier alpha value is -2.14. The van der Waals surface area contributed by atoms with Crippen molar-refractivity contribution in [2.75, 3.05) is 12.4 Å². The topological polar surface area (TPSA) is 93.6 Å². The lowest BCUT2D eigenvalue weighted by atomic mass is 10.1. The van der Waals surface area contributed by atoms with Crippen LogP contribution in [-0.2, 0) is 14.0 Å². The summed E-state index contributed by atoms with van der Waals surface area (Å²) in [6, 6.07) is 9.72. The number of carbonyl (C=O) groups excluding carboxylic acids is 1. The summed E-state index contributed by atoms with van der Waals surface area (Å²) in [7, 11) is -2.07. The van der Waals surface area contributed by atoms with E-state index in [0.29, 0.717) is 24.3 Å². The largest absolute Gasteiger partial charge is 0.414 e. The van der Waals surface area contributed by atoms with E-state index in [1.165, 1.54) is 10.8 Å². The van der Waals surface area contributed by atoms with E-state index in [1.807, 2.05) is 35.2 Å². The second-order valence-corrected chi connectivity index (χ2v) is 16.7. The summed E-state index contributed by atoms with van der Waals surface area (Å²) < 4.78 is 14.4.